The molecular weight excluding hydrogens is 594 g/mol. The van der Waals surface area contributed by atoms with Crippen LogP contribution in [0.5, 0.6) is 0 Å². The molecule has 210 valence electrons. The molecule has 0 aliphatic carbocycles. The second kappa shape index (κ2) is 11.5. The number of para-hydroxylation sites is 2. The van der Waals surface area contributed by atoms with Crippen molar-refractivity contribution in [3.05, 3.63) is 118 Å². The van der Waals surface area contributed by atoms with E-state index in [1.165, 1.54) is 48.5 Å². The molecule has 40 heavy (non-hydrogen) atoms. The number of rotatable bonds is 7. The maximum Gasteiger partial charge on any atom is 0.200 e. The molecule has 0 aromatic heterocycles. The first-order valence-electron chi connectivity index (χ1n) is 11.0. The highest BCUT2D eigenvalue weighted by Crippen LogP contribution is 2.43. The average Bonchev–Trinajstić information content (AvgIpc) is 2.94. The van der Waals surface area contributed by atoms with Gasteiger partial charge in [0.1, 0.15) is 0 Å². The summed E-state index contributed by atoms with van der Waals surface area (Å²) in [4.78, 5) is 0.0595. The number of benzene rings is 4. The van der Waals surface area contributed by atoms with Crippen molar-refractivity contribution in [3.8, 4) is 0 Å². The van der Waals surface area contributed by atoms with Crippen LogP contribution in [0.2, 0.25) is 0 Å². The summed E-state index contributed by atoms with van der Waals surface area (Å²) in [5.41, 5.74) is -3.64. The molecule has 0 spiro atoms. The number of hydrogen-bond acceptors (Lipinski definition) is 4. The van der Waals surface area contributed by atoms with E-state index in [4.69, 9.17) is 0 Å². The standard InChI is InChI=1S/C26H14F10N2S2/c27-15-13(16(28)20(32)23(35)19(15)31)25(37-9-5-1-3-7-11(9)39)26(38-10-6-2-4-8-12(10)40)14-17(29)21(33)24(36)22(34)18(14)30/h1-8,25-26,37-40H. The lowest BCUT2D eigenvalue weighted by Crippen LogP contribution is -2.31. The lowest BCUT2D eigenvalue weighted by atomic mass is 9.90. The molecule has 4 aromatic rings. The Hall–Kier alpha value is -3.52. The van der Waals surface area contributed by atoms with Crippen LogP contribution >= 0.6 is 25.3 Å². The molecule has 2 N–H and O–H groups in total. The molecule has 2 unspecified atom stereocenters. The molecule has 14 heteroatoms. The molecule has 0 heterocycles. The second-order valence-electron chi connectivity index (χ2n) is 8.25. The van der Waals surface area contributed by atoms with Gasteiger partial charge in [-0.05, 0) is 24.3 Å². The predicted octanol–water partition coefficient (Wildman–Crippen LogP) is 8.66. The molecule has 0 aliphatic rings. The fourth-order valence-corrected chi connectivity index (χ4v) is 4.41. The topological polar surface area (TPSA) is 24.1 Å². The summed E-state index contributed by atoms with van der Waals surface area (Å²) in [7, 11) is 0. The van der Waals surface area contributed by atoms with Crippen LogP contribution in [-0.2, 0) is 0 Å². The van der Waals surface area contributed by atoms with E-state index in [1.54, 1.807) is 0 Å². The Morgan fingerprint density at radius 3 is 0.925 bits per heavy atom. The molecule has 0 radical (unpaired) electrons. The molecule has 0 bridgehead atoms. The summed E-state index contributed by atoms with van der Waals surface area (Å²) in [6.07, 6.45) is 0. The average molecular weight is 609 g/mol. The van der Waals surface area contributed by atoms with Crippen molar-refractivity contribution in [2.24, 2.45) is 0 Å². The van der Waals surface area contributed by atoms with Crippen LogP contribution in [-0.4, -0.2) is 0 Å². The first kappa shape index (κ1) is 29.5. The summed E-state index contributed by atoms with van der Waals surface area (Å²) in [6.45, 7) is 0. The molecule has 2 atom stereocenters. The Labute approximate surface area is 230 Å². The zero-order chi connectivity index (χ0) is 29.5. The Morgan fingerprint density at radius 1 is 0.400 bits per heavy atom. The van der Waals surface area contributed by atoms with Gasteiger partial charge in [-0.25, -0.2) is 43.9 Å². The minimum Gasteiger partial charge on any atom is -0.375 e. The predicted molar refractivity (Wildman–Crippen MR) is 133 cm³/mol. The summed E-state index contributed by atoms with van der Waals surface area (Å²) in [5.74, 6) is -24.4. The van der Waals surface area contributed by atoms with Gasteiger partial charge in [0.2, 0.25) is 11.6 Å². The zero-order valence-corrected chi connectivity index (χ0v) is 21.2. The first-order valence-corrected chi connectivity index (χ1v) is 11.9. The summed E-state index contributed by atoms with van der Waals surface area (Å²) < 4.78 is 146. The molecule has 4 aromatic carbocycles. The highest BCUT2D eigenvalue weighted by molar-refractivity contribution is 7.80. The number of anilines is 2. The maximum absolute atomic E-state index is 15.2. The van der Waals surface area contributed by atoms with Crippen LogP contribution in [0.3, 0.4) is 0 Å². The number of thiol groups is 2. The van der Waals surface area contributed by atoms with Crippen LogP contribution in [0.1, 0.15) is 23.2 Å². The van der Waals surface area contributed by atoms with Gasteiger partial charge in [0.15, 0.2) is 46.5 Å². The molecule has 0 amide bonds. The smallest absolute Gasteiger partial charge is 0.200 e. The highest BCUT2D eigenvalue weighted by atomic mass is 32.1. The first-order chi connectivity index (χ1) is 18.9. The van der Waals surface area contributed by atoms with Gasteiger partial charge in [-0.1, -0.05) is 24.3 Å². The van der Waals surface area contributed by atoms with Crippen LogP contribution in [0.15, 0.2) is 58.3 Å². The Balaban J connectivity index is 2.11. The van der Waals surface area contributed by atoms with E-state index in [-0.39, 0.29) is 21.2 Å². The van der Waals surface area contributed by atoms with Gasteiger partial charge in [0.05, 0.1) is 23.2 Å². The van der Waals surface area contributed by atoms with Crippen LogP contribution in [0.25, 0.3) is 0 Å². The molecule has 4 rings (SSSR count). The number of hydrogen-bond donors (Lipinski definition) is 4. The van der Waals surface area contributed by atoms with Crippen molar-refractivity contribution >= 4 is 36.6 Å². The van der Waals surface area contributed by atoms with E-state index < -0.39 is 81.4 Å². The van der Waals surface area contributed by atoms with Crippen molar-refractivity contribution in [1.29, 1.82) is 0 Å². The number of nitrogens with one attached hydrogen (secondary N) is 2. The lowest BCUT2D eigenvalue weighted by Gasteiger charge is -2.33. The van der Waals surface area contributed by atoms with Crippen LogP contribution in [0, 0.1) is 58.2 Å². The van der Waals surface area contributed by atoms with Crippen molar-refractivity contribution in [1.82, 2.24) is 0 Å². The van der Waals surface area contributed by atoms with Gasteiger partial charge in [-0.15, -0.1) is 25.3 Å². The molecule has 2 nitrogen and oxygen atoms in total. The summed E-state index contributed by atoms with van der Waals surface area (Å²) >= 11 is 8.29. The lowest BCUT2D eigenvalue weighted by molar-refractivity contribution is 0.351. The molecule has 0 saturated heterocycles. The van der Waals surface area contributed by atoms with E-state index in [2.05, 4.69) is 35.9 Å². The summed E-state index contributed by atoms with van der Waals surface area (Å²) in [6, 6.07) is 5.93. The molecule has 0 aliphatic heterocycles. The quantitative estimate of drug-likeness (QED) is 0.0731. The van der Waals surface area contributed by atoms with Gasteiger partial charge in [0, 0.05) is 21.2 Å². The van der Waals surface area contributed by atoms with Crippen molar-refractivity contribution in [2.45, 2.75) is 21.9 Å². The van der Waals surface area contributed by atoms with Gasteiger partial charge in [-0.3, -0.25) is 0 Å². The fraction of sp³-hybridized carbons (Fsp3) is 0.0769. The molecule has 0 fully saturated rings. The normalized spacial score (nSPS) is 12.8. The van der Waals surface area contributed by atoms with Crippen LogP contribution in [0.4, 0.5) is 55.3 Å². The number of halogens is 10. The highest BCUT2D eigenvalue weighted by Gasteiger charge is 2.40. The van der Waals surface area contributed by atoms with E-state index in [9.17, 15) is 26.3 Å². The zero-order valence-electron chi connectivity index (χ0n) is 19.4. The molecule has 0 saturated carbocycles. The monoisotopic (exact) mass is 608 g/mol. The Morgan fingerprint density at radius 2 is 0.650 bits per heavy atom. The minimum atomic E-state index is -2.53. The van der Waals surface area contributed by atoms with Crippen molar-refractivity contribution < 1.29 is 43.9 Å². The minimum absolute atomic E-state index is 0.0297. The Kier molecular flexibility index (Phi) is 8.49. The third-order valence-corrected chi connectivity index (χ3v) is 6.65. The van der Waals surface area contributed by atoms with Gasteiger partial charge >= 0.3 is 0 Å². The van der Waals surface area contributed by atoms with Crippen molar-refractivity contribution in [2.75, 3.05) is 10.6 Å². The van der Waals surface area contributed by atoms with E-state index in [1.807, 2.05) is 0 Å². The third kappa shape index (κ3) is 5.17. The van der Waals surface area contributed by atoms with Gasteiger partial charge in [-0.2, -0.15) is 0 Å². The van der Waals surface area contributed by atoms with Gasteiger partial charge < -0.3 is 10.6 Å². The van der Waals surface area contributed by atoms with E-state index in [0.717, 1.165) is 0 Å². The maximum atomic E-state index is 15.2. The van der Waals surface area contributed by atoms with E-state index >= 15 is 17.6 Å². The summed E-state index contributed by atoms with van der Waals surface area (Å²) in [5, 5.41) is 4.79. The van der Waals surface area contributed by atoms with Gasteiger partial charge in [0.25, 0.3) is 0 Å². The van der Waals surface area contributed by atoms with Crippen LogP contribution < -0.4 is 10.6 Å². The molecular formula is C26H14F10N2S2. The van der Waals surface area contributed by atoms with E-state index in [0.29, 0.717) is 0 Å². The Bertz CT molecular complexity index is 1440. The fourth-order valence-electron chi connectivity index (χ4n) is 3.96. The largest absolute Gasteiger partial charge is 0.375 e. The van der Waals surface area contributed by atoms with Crippen molar-refractivity contribution in [3.63, 3.8) is 0 Å². The SMILES string of the molecule is Fc1c(F)c(F)c(C(Nc2ccccc2S)C(Nc2ccccc2S)c2c(F)c(F)c(F)c(F)c2F)c(F)c1F. The third-order valence-electron chi connectivity index (χ3n) is 5.87. The second-order valence-corrected chi connectivity index (χ2v) is 9.21.